The van der Waals surface area contributed by atoms with Crippen LogP contribution in [-0.2, 0) is 19.6 Å². The normalized spacial score (nSPS) is 21.9. The molecule has 2 saturated heterocycles. The zero-order valence-corrected chi connectivity index (χ0v) is 18.7. The Kier molecular flexibility index (Phi) is 7.55. The molecular formula is C22H33N3O4S. The Hall–Kier alpha value is -1.90. The molecular weight excluding hydrogens is 402 g/mol. The Morgan fingerprint density at radius 2 is 2.07 bits per heavy atom. The predicted molar refractivity (Wildman–Crippen MR) is 119 cm³/mol. The number of anilines is 1. The molecule has 0 bridgehead atoms. The number of sulfonamides is 1. The summed E-state index contributed by atoms with van der Waals surface area (Å²) in [4.78, 5) is 12.7. The molecule has 1 aromatic carbocycles. The van der Waals surface area contributed by atoms with Crippen molar-refractivity contribution < 1.29 is 17.9 Å². The first-order valence-electron chi connectivity index (χ1n) is 10.7. The molecule has 2 heterocycles. The van der Waals surface area contributed by atoms with Gasteiger partial charge in [0.15, 0.2) is 0 Å². The average molecular weight is 436 g/mol. The highest BCUT2D eigenvalue weighted by Crippen LogP contribution is 2.27. The lowest BCUT2D eigenvalue weighted by Crippen LogP contribution is -2.41. The number of amides is 1. The van der Waals surface area contributed by atoms with Gasteiger partial charge >= 0.3 is 0 Å². The Labute approximate surface area is 179 Å². The third-order valence-corrected chi connectivity index (χ3v) is 7.81. The number of nitrogens with one attached hydrogen (secondary N) is 2. The molecule has 166 valence electrons. The molecule has 0 aliphatic carbocycles. The Morgan fingerprint density at radius 1 is 1.33 bits per heavy atom. The van der Waals surface area contributed by atoms with E-state index < -0.39 is 16.1 Å². The number of nitrogens with zero attached hydrogens (tertiary/aromatic N) is 1. The van der Waals surface area contributed by atoms with E-state index in [4.69, 9.17) is 4.74 Å². The van der Waals surface area contributed by atoms with Gasteiger partial charge in [0.2, 0.25) is 15.9 Å². The van der Waals surface area contributed by atoms with Crippen molar-refractivity contribution in [2.45, 2.75) is 56.6 Å². The van der Waals surface area contributed by atoms with Crippen molar-refractivity contribution in [2.24, 2.45) is 5.92 Å². The zero-order valence-electron chi connectivity index (χ0n) is 17.9. The van der Waals surface area contributed by atoms with Crippen LogP contribution >= 0.6 is 0 Å². The first kappa shape index (κ1) is 22.8. The van der Waals surface area contributed by atoms with E-state index in [9.17, 15) is 13.2 Å². The lowest BCUT2D eigenvalue weighted by Gasteiger charge is -2.29. The van der Waals surface area contributed by atoms with Crippen LogP contribution in [0.3, 0.4) is 0 Å². The van der Waals surface area contributed by atoms with Crippen LogP contribution in [0, 0.1) is 5.92 Å². The Balaban J connectivity index is 1.66. The number of piperidine rings is 1. The first-order chi connectivity index (χ1) is 14.3. The number of ether oxygens (including phenoxy) is 1. The summed E-state index contributed by atoms with van der Waals surface area (Å²) in [5.41, 5.74) is 1.33. The van der Waals surface area contributed by atoms with Gasteiger partial charge < -0.3 is 15.4 Å². The molecule has 0 aromatic heterocycles. The topological polar surface area (TPSA) is 87.7 Å². The molecule has 1 aromatic rings. The van der Waals surface area contributed by atoms with Crippen molar-refractivity contribution in [3.8, 4) is 0 Å². The maximum absolute atomic E-state index is 13.0. The van der Waals surface area contributed by atoms with E-state index in [0.717, 1.165) is 32.3 Å². The van der Waals surface area contributed by atoms with Crippen LogP contribution in [-0.4, -0.2) is 57.0 Å². The summed E-state index contributed by atoms with van der Waals surface area (Å²) in [5.74, 6) is 0.430. The van der Waals surface area contributed by atoms with Crippen molar-refractivity contribution >= 4 is 27.7 Å². The minimum atomic E-state index is -3.53. The van der Waals surface area contributed by atoms with E-state index in [1.165, 1.54) is 0 Å². The van der Waals surface area contributed by atoms with Crippen LogP contribution in [0.1, 0.15) is 45.1 Å². The number of hydrogen-bond donors (Lipinski definition) is 2. The summed E-state index contributed by atoms with van der Waals surface area (Å²) in [7, 11) is -3.53. The number of benzene rings is 1. The summed E-state index contributed by atoms with van der Waals surface area (Å²) in [6.45, 7) is 10.1. The van der Waals surface area contributed by atoms with Crippen LogP contribution in [0.2, 0.25) is 0 Å². The molecule has 8 heteroatoms. The maximum atomic E-state index is 13.0. The lowest BCUT2D eigenvalue weighted by molar-refractivity contribution is -0.122. The van der Waals surface area contributed by atoms with Crippen molar-refractivity contribution in [3.05, 3.63) is 30.3 Å². The van der Waals surface area contributed by atoms with Gasteiger partial charge in [0.25, 0.3) is 0 Å². The second-order valence-corrected chi connectivity index (χ2v) is 10.2. The van der Waals surface area contributed by atoms with Crippen molar-refractivity contribution in [1.29, 1.82) is 0 Å². The summed E-state index contributed by atoms with van der Waals surface area (Å²) in [6.07, 6.45) is 5.46. The van der Waals surface area contributed by atoms with E-state index in [-0.39, 0.29) is 16.9 Å². The average Bonchev–Trinajstić information content (AvgIpc) is 3.26. The zero-order chi connectivity index (χ0) is 21.7. The third-order valence-electron chi connectivity index (χ3n) is 5.92. The lowest BCUT2D eigenvalue weighted by atomic mass is 10.0. The van der Waals surface area contributed by atoms with Gasteiger partial charge in [0.05, 0.1) is 11.0 Å². The van der Waals surface area contributed by atoms with Gasteiger partial charge in [-0.15, -0.1) is 0 Å². The quantitative estimate of drug-likeness (QED) is 0.656. The molecule has 0 spiro atoms. The fourth-order valence-electron chi connectivity index (χ4n) is 3.85. The second-order valence-electron chi connectivity index (χ2n) is 8.29. The molecule has 2 aliphatic rings. The van der Waals surface area contributed by atoms with E-state index in [1.807, 2.05) is 0 Å². The molecule has 3 rings (SSSR count). The minimum absolute atomic E-state index is 0.0900. The van der Waals surface area contributed by atoms with E-state index in [2.05, 4.69) is 24.1 Å². The number of carbonyl (C=O) groups excluding carboxylic acids is 1. The van der Waals surface area contributed by atoms with Crippen LogP contribution in [0.4, 0.5) is 5.69 Å². The monoisotopic (exact) mass is 435 g/mol. The number of rotatable bonds is 8. The Bertz CT molecular complexity index is 857. The summed E-state index contributed by atoms with van der Waals surface area (Å²) < 4.78 is 33.1. The number of carbonyl (C=O) groups is 1. The Morgan fingerprint density at radius 3 is 2.70 bits per heavy atom. The predicted octanol–water partition coefficient (Wildman–Crippen LogP) is 2.85. The molecule has 2 aliphatic heterocycles. The molecule has 1 amide bonds. The highest BCUT2D eigenvalue weighted by atomic mass is 32.2. The van der Waals surface area contributed by atoms with Gasteiger partial charge in [-0.05, 0) is 62.3 Å². The highest BCUT2D eigenvalue weighted by Gasteiger charge is 2.28. The SMILES string of the molecule is C=Cc1cc(S(=O)(=O)N2CCC(C)CC2)ccc1NC(C)C(=O)NCC1CCCO1. The van der Waals surface area contributed by atoms with E-state index in [0.29, 0.717) is 36.8 Å². The molecule has 2 N–H and O–H groups in total. The number of hydrogen-bond acceptors (Lipinski definition) is 5. The molecule has 30 heavy (non-hydrogen) atoms. The molecule has 0 radical (unpaired) electrons. The standard InChI is InChI=1S/C22H33N3O4S/c1-4-18-14-20(30(27,28)25-11-9-16(2)10-12-25)7-8-21(18)24-17(3)22(26)23-15-19-6-5-13-29-19/h4,7-8,14,16-17,19,24H,1,5-6,9-13,15H2,2-3H3,(H,23,26). The summed E-state index contributed by atoms with van der Waals surface area (Å²) in [5, 5.41) is 6.08. The van der Waals surface area contributed by atoms with Gasteiger partial charge in [-0.3, -0.25) is 4.79 Å². The largest absolute Gasteiger partial charge is 0.376 e. The van der Waals surface area contributed by atoms with Crippen molar-refractivity contribution in [3.63, 3.8) is 0 Å². The third kappa shape index (κ3) is 5.42. The van der Waals surface area contributed by atoms with Crippen molar-refractivity contribution in [2.75, 3.05) is 31.6 Å². The van der Waals surface area contributed by atoms with Crippen LogP contribution < -0.4 is 10.6 Å². The van der Waals surface area contributed by atoms with E-state index in [1.54, 1.807) is 35.5 Å². The smallest absolute Gasteiger partial charge is 0.243 e. The van der Waals surface area contributed by atoms with E-state index >= 15 is 0 Å². The highest BCUT2D eigenvalue weighted by molar-refractivity contribution is 7.89. The van der Waals surface area contributed by atoms with Crippen LogP contribution in [0.5, 0.6) is 0 Å². The fraction of sp³-hybridized carbons (Fsp3) is 0.591. The summed E-state index contributed by atoms with van der Waals surface area (Å²) in [6, 6.07) is 4.45. The molecule has 2 fully saturated rings. The van der Waals surface area contributed by atoms with Crippen LogP contribution in [0.15, 0.2) is 29.7 Å². The fourth-order valence-corrected chi connectivity index (χ4v) is 5.35. The molecule has 7 nitrogen and oxygen atoms in total. The van der Waals surface area contributed by atoms with Gasteiger partial charge in [-0.1, -0.05) is 19.6 Å². The van der Waals surface area contributed by atoms with Gasteiger partial charge in [0, 0.05) is 31.9 Å². The van der Waals surface area contributed by atoms with Crippen molar-refractivity contribution in [1.82, 2.24) is 9.62 Å². The maximum Gasteiger partial charge on any atom is 0.243 e. The van der Waals surface area contributed by atoms with Gasteiger partial charge in [-0.25, -0.2) is 8.42 Å². The van der Waals surface area contributed by atoms with Gasteiger partial charge in [0.1, 0.15) is 6.04 Å². The second kappa shape index (κ2) is 9.94. The van der Waals surface area contributed by atoms with Crippen LogP contribution in [0.25, 0.3) is 6.08 Å². The minimum Gasteiger partial charge on any atom is -0.376 e. The summed E-state index contributed by atoms with van der Waals surface area (Å²) >= 11 is 0. The molecule has 0 saturated carbocycles. The molecule has 2 atom stereocenters. The molecule has 2 unspecified atom stereocenters. The van der Waals surface area contributed by atoms with Gasteiger partial charge in [-0.2, -0.15) is 4.31 Å². The first-order valence-corrected chi connectivity index (χ1v) is 12.2.